The van der Waals surface area contributed by atoms with Crippen LogP contribution in [0.2, 0.25) is 10.0 Å². The van der Waals surface area contributed by atoms with Crippen LogP contribution in [0.5, 0.6) is 0 Å². The Morgan fingerprint density at radius 2 is 2.04 bits per heavy atom. The monoisotopic (exact) mass is 367 g/mol. The summed E-state index contributed by atoms with van der Waals surface area (Å²) in [5.41, 5.74) is 0.964. The summed E-state index contributed by atoms with van der Waals surface area (Å²) < 4.78 is 5.79. The number of hydrogen-bond donors (Lipinski definition) is 0. The van der Waals surface area contributed by atoms with Gasteiger partial charge in [0.15, 0.2) is 0 Å². The number of rotatable bonds is 5. The molecule has 0 bridgehead atoms. The lowest BCUT2D eigenvalue weighted by Gasteiger charge is -2.22. The number of thiophene rings is 1. The van der Waals surface area contributed by atoms with E-state index >= 15 is 0 Å². The minimum absolute atomic E-state index is 0.0359. The van der Waals surface area contributed by atoms with Crippen LogP contribution in [-0.4, -0.2) is 22.1 Å². The molecule has 4 nitrogen and oxygen atoms in total. The lowest BCUT2D eigenvalue weighted by Crippen LogP contribution is -2.22. The molecule has 1 aromatic carbocycles. The first kappa shape index (κ1) is 16.5. The Morgan fingerprint density at radius 1 is 1.22 bits per heavy atom. The third-order valence-corrected chi connectivity index (χ3v) is 5.36. The molecule has 0 aliphatic carbocycles. The minimum atomic E-state index is -0.0359. The Bertz CT molecular complexity index is 788. The molecule has 2 aromatic heterocycles. The molecular weight excluding hydrogens is 353 g/mol. The van der Waals surface area contributed by atoms with Crippen molar-refractivity contribution in [2.75, 3.05) is 7.05 Å². The number of aromatic nitrogens is 2. The van der Waals surface area contributed by atoms with E-state index in [-0.39, 0.29) is 6.04 Å². The Morgan fingerprint density at radius 3 is 2.78 bits per heavy atom. The lowest BCUT2D eigenvalue weighted by atomic mass is 10.2. The number of halogens is 2. The van der Waals surface area contributed by atoms with Gasteiger partial charge in [-0.05, 0) is 37.0 Å². The molecule has 1 atom stereocenters. The van der Waals surface area contributed by atoms with Gasteiger partial charge in [-0.2, -0.15) is 0 Å². The van der Waals surface area contributed by atoms with Crippen LogP contribution in [0.25, 0.3) is 10.8 Å². The molecule has 23 heavy (non-hydrogen) atoms. The van der Waals surface area contributed by atoms with E-state index in [4.69, 9.17) is 27.6 Å². The molecule has 0 saturated heterocycles. The molecule has 0 radical (unpaired) electrons. The standard InChI is InChI=1S/C16H15Cl2N3OS/c1-10(15-19-20-16(22-15)13-7-4-8-23-13)21(2)9-11-5-3-6-12(17)14(11)18/h3-8,10H,9H2,1-2H3/t10-/m0/s1. The van der Waals surface area contributed by atoms with Crippen LogP contribution in [0.1, 0.15) is 24.4 Å². The summed E-state index contributed by atoms with van der Waals surface area (Å²) in [4.78, 5) is 3.06. The average Bonchev–Trinajstić information content (AvgIpc) is 3.21. The maximum Gasteiger partial charge on any atom is 0.257 e. The van der Waals surface area contributed by atoms with Crippen molar-refractivity contribution in [1.29, 1.82) is 0 Å². The third kappa shape index (κ3) is 3.58. The fourth-order valence-electron chi connectivity index (χ4n) is 2.17. The van der Waals surface area contributed by atoms with Crippen LogP contribution in [0, 0.1) is 0 Å². The molecule has 3 aromatic rings. The normalized spacial score (nSPS) is 12.7. The highest BCUT2D eigenvalue weighted by Gasteiger charge is 2.20. The molecule has 0 saturated carbocycles. The molecule has 0 amide bonds. The van der Waals surface area contributed by atoms with Crippen molar-refractivity contribution >= 4 is 34.5 Å². The van der Waals surface area contributed by atoms with Crippen molar-refractivity contribution in [2.45, 2.75) is 19.5 Å². The van der Waals surface area contributed by atoms with Crippen molar-refractivity contribution in [3.8, 4) is 10.8 Å². The van der Waals surface area contributed by atoms with Gasteiger partial charge in [0, 0.05) is 6.54 Å². The van der Waals surface area contributed by atoms with Gasteiger partial charge < -0.3 is 4.42 Å². The highest BCUT2D eigenvalue weighted by Crippen LogP contribution is 2.30. The topological polar surface area (TPSA) is 42.2 Å². The summed E-state index contributed by atoms with van der Waals surface area (Å²) in [6.07, 6.45) is 0. The highest BCUT2D eigenvalue weighted by atomic mass is 35.5. The second kappa shape index (κ2) is 7.01. The zero-order chi connectivity index (χ0) is 16.4. The van der Waals surface area contributed by atoms with E-state index in [1.54, 1.807) is 17.4 Å². The van der Waals surface area contributed by atoms with Gasteiger partial charge in [0.05, 0.1) is 21.0 Å². The van der Waals surface area contributed by atoms with E-state index in [9.17, 15) is 0 Å². The first-order valence-electron chi connectivity index (χ1n) is 7.06. The molecule has 0 N–H and O–H groups in total. The zero-order valence-corrected chi connectivity index (χ0v) is 15.0. The molecule has 7 heteroatoms. The summed E-state index contributed by atoms with van der Waals surface area (Å²) in [5.74, 6) is 1.13. The van der Waals surface area contributed by atoms with Gasteiger partial charge in [0.1, 0.15) is 0 Å². The van der Waals surface area contributed by atoms with Crippen LogP contribution in [0.3, 0.4) is 0 Å². The summed E-state index contributed by atoms with van der Waals surface area (Å²) in [7, 11) is 1.98. The summed E-state index contributed by atoms with van der Waals surface area (Å²) in [6.45, 7) is 2.65. The fourth-order valence-corrected chi connectivity index (χ4v) is 3.19. The second-order valence-electron chi connectivity index (χ2n) is 5.23. The van der Waals surface area contributed by atoms with Crippen molar-refractivity contribution in [3.63, 3.8) is 0 Å². The molecule has 2 heterocycles. The Hall–Kier alpha value is -1.40. The van der Waals surface area contributed by atoms with Gasteiger partial charge >= 0.3 is 0 Å². The largest absolute Gasteiger partial charge is 0.418 e. The SMILES string of the molecule is C[C@@H](c1nnc(-c2cccs2)o1)N(C)Cc1cccc(Cl)c1Cl. The van der Waals surface area contributed by atoms with Gasteiger partial charge in [-0.3, -0.25) is 4.90 Å². The predicted octanol–water partition coefficient (Wildman–Crippen LogP) is 5.30. The van der Waals surface area contributed by atoms with Crippen molar-refractivity contribution < 1.29 is 4.42 Å². The Kier molecular flexibility index (Phi) is 5.02. The van der Waals surface area contributed by atoms with E-state index in [1.807, 2.05) is 43.6 Å². The van der Waals surface area contributed by atoms with Gasteiger partial charge in [-0.15, -0.1) is 21.5 Å². The van der Waals surface area contributed by atoms with Crippen LogP contribution >= 0.6 is 34.5 Å². The summed E-state index contributed by atoms with van der Waals surface area (Å²) in [6, 6.07) is 9.52. The van der Waals surface area contributed by atoms with Gasteiger partial charge in [0.2, 0.25) is 5.89 Å². The average molecular weight is 368 g/mol. The molecule has 0 spiro atoms. The predicted molar refractivity (Wildman–Crippen MR) is 94.0 cm³/mol. The van der Waals surface area contributed by atoms with E-state index in [0.717, 1.165) is 10.4 Å². The maximum atomic E-state index is 6.25. The number of hydrogen-bond acceptors (Lipinski definition) is 5. The molecule has 0 aliphatic rings. The third-order valence-electron chi connectivity index (χ3n) is 3.64. The van der Waals surface area contributed by atoms with Crippen LogP contribution < -0.4 is 0 Å². The van der Waals surface area contributed by atoms with E-state index in [2.05, 4.69) is 15.1 Å². The molecule has 0 aliphatic heterocycles. The smallest absolute Gasteiger partial charge is 0.257 e. The molecular formula is C16H15Cl2N3OS. The van der Waals surface area contributed by atoms with E-state index < -0.39 is 0 Å². The summed E-state index contributed by atoms with van der Waals surface area (Å²) >= 11 is 13.9. The molecule has 0 unspecified atom stereocenters. The first-order chi connectivity index (χ1) is 11.1. The molecule has 3 rings (SSSR count). The first-order valence-corrected chi connectivity index (χ1v) is 8.70. The Balaban J connectivity index is 1.75. The van der Waals surface area contributed by atoms with Gasteiger partial charge in [-0.25, -0.2) is 0 Å². The lowest BCUT2D eigenvalue weighted by molar-refractivity contribution is 0.218. The van der Waals surface area contributed by atoms with Crippen molar-refractivity contribution in [1.82, 2.24) is 15.1 Å². The maximum absolute atomic E-state index is 6.25. The molecule has 0 fully saturated rings. The minimum Gasteiger partial charge on any atom is -0.418 e. The van der Waals surface area contributed by atoms with Gasteiger partial charge in [0.25, 0.3) is 5.89 Å². The molecule has 120 valence electrons. The summed E-state index contributed by atoms with van der Waals surface area (Å²) in [5, 5.41) is 11.4. The zero-order valence-electron chi connectivity index (χ0n) is 12.7. The van der Waals surface area contributed by atoms with Crippen LogP contribution in [-0.2, 0) is 6.54 Å². The number of benzene rings is 1. The number of nitrogens with zero attached hydrogens (tertiary/aromatic N) is 3. The fraction of sp³-hybridized carbons (Fsp3) is 0.250. The Labute approximate surface area is 148 Å². The van der Waals surface area contributed by atoms with Crippen molar-refractivity contribution in [2.24, 2.45) is 0 Å². The highest BCUT2D eigenvalue weighted by molar-refractivity contribution is 7.13. The van der Waals surface area contributed by atoms with Crippen molar-refractivity contribution in [3.05, 3.63) is 57.2 Å². The quantitative estimate of drug-likeness (QED) is 0.613. The van der Waals surface area contributed by atoms with E-state index in [1.165, 1.54) is 0 Å². The van der Waals surface area contributed by atoms with E-state index in [0.29, 0.717) is 28.4 Å². The van der Waals surface area contributed by atoms with Gasteiger partial charge in [-0.1, -0.05) is 41.4 Å². The van der Waals surface area contributed by atoms with Crippen LogP contribution in [0.15, 0.2) is 40.1 Å². The second-order valence-corrected chi connectivity index (χ2v) is 6.96. The van der Waals surface area contributed by atoms with Crippen LogP contribution in [0.4, 0.5) is 0 Å².